The molecule has 0 aliphatic carbocycles. The van der Waals surface area contributed by atoms with Crippen LogP contribution in [-0.2, 0) is 9.47 Å². The highest BCUT2D eigenvalue weighted by molar-refractivity contribution is 4.37. The normalized spacial score (nSPS) is 16.5. The summed E-state index contributed by atoms with van der Waals surface area (Å²) in [6.07, 6.45) is 0. The van der Waals surface area contributed by atoms with Gasteiger partial charge in [0.05, 0.1) is 26.4 Å². The molecule has 1 rings (SSSR count). The molecule has 66 valence electrons. The summed E-state index contributed by atoms with van der Waals surface area (Å²) in [5.41, 5.74) is 0. The summed E-state index contributed by atoms with van der Waals surface area (Å²) < 4.78 is 9.89. The number of nitro groups is 1. The van der Waals surface area contributed by atoms with Crippen molar-refractivity contribution in [3.63, 3.8) is 0 Å². The molecular weight excluding hydrogens is 150 g/mol. The van der Waals surface area contributed by atoms with Crippen molar-refractivity contribution in [3.05, 3.63) is 10.1 Å². The highest BCUT2D eigenvalue weighted by Crippen LogP contribution is 1.85. The van der Waals surface area contributed by atoms with Gasteiger partial charge in [0.25, 0.3) is 0 Å². The van der Waals surface area contributed by atoms with Crippen LogP contribution in [0.1, 0.15) is 6.92 Å². The summed E-state index contributed by atoms with van der Waals surface area (Å²) in [5, 5.41) is 9.17. The molecule has 1 heterocycles. The molecule has 0 spiro atoms. The Morgan fingerprint density at radius 2 is 1.55 bits per heavy atom. The molecule has 0 radical (unpaired) electrons. The summed E-state index contributed by atoms with van der Waals surface area (Å²) in [5.74, 6) is 0. The quantitative estimate of drug-likeness (QED) is 0.412. The Morgan fingerprint density at radius 3 is 1.64 bits per heavy atom. The van der Waals surface area contributed by atoms with E-state index >= 15 is 0 Å². The molecule has 1 fully saturated rings. The molecule has 0 unspecified atom stereocenters. The van der Waals surface area contributed by atoms with Crippen LogP contribution >= 0.6 is 0 Å². The lowest BCUT2D eigenvalue weighted by Gasteiger charge is -2.09. The summed E-state index contributed by atoms with van der Waals surface area (Å²) in [6, 6.07) is 0. The molecule has 0 atom stereocenters. The number of hydrogen-bond donors (Lipinski definition) is 0. The second kappa shape index (κ2) is 7.43. The highest BCUT2D eigenvalue weighted by atomic mass is 16.6. The smallest absolute Gasteiger partial charge is 0.201 e. The fourth-order valence-corrected chi connectivity index (χ4v) is 0.440. The number of nitrogens with zero attached hydrogens (tertiary/aromatic N) is 1. The van der Waals surface area contributed by atoms with Crippen LogP contribution in [0.2, 0.25) is 0 Å². The Morgan fingerprint density at radius 1 is 1.27 bits per heavy atom. The van der Waals surface area contributed by atoms with Crippen molar-refractivity contribution in [1.29, 1.82) is 0 Å². The maximum atomic E-state index is 9.17. The lowest BCUT2D eigenvalue weighted by molar-refractivity contribution is -0.475. The second-order valence-electron chi connectivity index (χ2n) is 1.87. The van der Waals surface area contributed by atoms with Crippen molar-refractivity contribution < 1.29 is 14.4 Å². The van der Waals surface area contributed by atoms with Crippen molar-refractivity contribution in [1.82, 2.24) is 0 Å². The first kappa shape index (κ1) is 10.3. The SMILES string of the molecule is C1COCCO1.CC[N+](=O)[O-]. The Hall–Kier alpha value is -0.680. The van der Waals surface area contributed by atoms with E-state index in [1.165, 1.54) is 6.92 Å². The van der Waals surface area contributed by atoms with Gasteiger partial charge in [-0.05, 0) is 0 Å². The van der Waals surface area contributed by atoms with Crippen LogP contribution in [-0.4, -0.2) is 37.9 Å². The van der Waals surface area contributed by atoms with E-state index in [1.807, 2.05) is 0 Å². The van der Waals surface area contributed by atoms with Crippen molar-refractivity contribution in [2.45, 2.75) is 6.92 Å². The van der Waals surface area contributed by atoms with Crippen molar-refractivity contribution >= 4 is 0 Å². The first-order valence-electron chi connectivity index (χ1n) is 3.54. The fourth-order valence-electron chi connectivity index (χ4n) is 0.440. The van der Waals surface area contributed by atoms with Crippen molar-refractivity contribution in [2.75, 3.05) is 33.0 Å². The van der Waals surface area contributed by atoms with E-state index in [1.54, 1.807) is 0 Å². The van der Waals surface area contributed by atoms with Gasteiger partial charge in [-0.15, -0.1) is 0 Å². The van der Waals surface area contributed by atoms with Gasteiger partial charge in [-0.3, -0.25) is 10.1 Å². The number of rotatable bonds is 1. The maximum Gasteiger partial charge on any atom is 0.201 e. The Bertz CT molecular complexity index is 91.2. The molecule has 0 aromatic rings. The summed E-state index contributed by atoms with van der Waals surface area (Å²) in [7, 11) is 0. The molecule has 0 N–H and O–H groups in total. The van der Waals surface area contributed by atoms with Gasteiger partial charge in [0, 0.05) is 11.8 Å². The van der Waals surface area contributed by atoms with Gasteiger partial charge >= 0.3 is 0 Å². The Kier molecular flexibility index (Phi) is 6.97. The average Bonchev–Trinajstić information content (AvgIpc) is 2.09. The Balaban J connectivity index is 0.000000187. The zero-order valence-corrected chi connectivity index (χ0v) is 6.62. The minimum atomic E-state index is -0.375. The second-order valence-corrected chi connectivity index (χ2v) is 1.87. The molecule has 5 nitrogen and oxygen atoms in total. The lowest BCUT2D eigenvalue weighted by Crippen LogP contribution is -2.16. The van der Waals surface area contributed by atoms with Crippen LogP contribution in [0.5, 0.6) is 0 Å². The molecule has 0 aromatic carbocycles. The molecule has 1 saturated heterocycles. The molecule has 0 amide bonds. The van der Waals surface area contributed by atoms with Crippen LogP contribution in [0.3, 0.4) is 0 Å². The lowest BCUT2D eigenvalue weighted by atomic mass is 10.6. The van der Waals surface area contributed by atoms with E-state index in [4.69, 9.17) is 9.47 Å². The molecule has 1 aliphatic rings. The van der Waals surface area contributed by atoms with Crippen LogP contribution in [0.15, 0.2) is 0 Å². The maximum absolute atomic E-state index is 9.17. The van der Waals surface area contributed by atoms with Gasteiger partial charge in [0.2, 0.25) is 6.54 Å². The summed E-state index contributed by atoms with van der Waals surface area (Å²) in [6.45, 7) is 4.64. The van der Waals surface area contributed by atoms with Crippen molar-refractivity contribution in [2.24, 2.45) is 0 Å². The van der Waals surface area contributed by atoms with Crippen molar-refractivity contribution in [3.8, 4) is 0 Å². The summed E-state index contributed by atoms with van der Waals surface area (Å²) >= 11 is 0. The van der Waals surface area contributed by atoms with Gasteiger partial charge in [-0.1, -0.05) is 0 Å². The third-order valence-corrected chi connectivity index (χ3v) is 1.00. The van der Waals surface area contributed by atoms with E-state index in [9.17, 15) is 10.1 Å². The van der Waals surface area contributed by atoms with Gasteiger partial charge in [-0.25, -0.2) is 0 Å². The molecular formula is C6H13NO4. The average molecular weight is 163 g/mol. The standard InChI is InChI=1S/C4H8O2.C2H5NO2/c1-2-6-4-3-5-1;1-2-3(4)5/h1-4H2;2H2,1H3. The van der Waals surface area contributed by atoms with Crippen LogP contribution in [0.4, 0.5) is 0 Å². The largest absolute Gasteiger partial charge is 0.377 e. The minimum absolute atomic E-state index is 0.0278. The predicted molar refractivity (Wildman–Crippen MR) is 39.2 cm³/mol. The van der Waals surface area contributed by atoms with Gasteiger partial charge in [0.15, 0.2) is 0 Å². The summed E-state index contributed by atoms with van der Waals surface area (Å²) in [4.78, 5) is 8.80. The number of hydrogen-bond acceptors (Lipinski definition) is 4. The van der Waals surface area contributed by atoms with E-state index < -0.39 is 0 Å². The highest BCUT2D eigenvalue weighted by Gasteiger charge is 1.94. The van der Waals surface area contributed by atoms with Crippen LogP contribution < -0.4 is 0 Å². The number of ether oxygens (including phenoxy) is 2. The third kappa shape index (κ3) is 9.32. The predicted octanol–water partition coefficient (Wildman–Crippen LogP) is 0.316. The van der Waals surface area contributed by atoms with E-state index in [0.717, 1.165) is 26.4 Å². The first-order chi connectivity index (χ1) is 5.27. The van der Waals surface area contributed by atoms with Gasteiger partial charge in [-0.2, -0.15) is 0 Å². The van der Waals surface area contributed by atoms with Gasteiger partial charge in [0.1, 0.15) is 0 Å². The molecule has 11 heavy (non-hydrogen) atoms. The third-order valence-electron chi connectivity index (χ3n) is 1.00. The van der Waals surface area contributed by atoms with E-state index in [2.05, 4.69) is 0 Å². The molecule has 0 aromatic heterocycles. The van der Waals surface area contributed by atoms with Gasteiger partial charge < -0.3 is 9.47 Å². The van der Waals surface area contributed by atoms with E-state index in [0.29, 0.717) is 0 Å². The molecule has 0 bridgehead atoms. The minimum Gasteiger partial charge on any atom is -0.377 e. The monoisotopic (exact) mass is 163 g/mol. The molecule has 0 saturated carbocycles. The topological polar surface area (TPSA) is 61.6 Å². The zero-order valence-electron chi connectivity index (χ0n) is 6.62. The van der Waals surface area contributed by atoms with Crippen LogP contribution in [0.25, 0.3) is 0 Å². The van der Waals surface area contributed by atoms with Crippen LogP contribution in [0, 0.1) is 10.1 Å². The Labute approximate surface area is 65.4 Å². The first-order valence-corrected chi connectivity index (χ1v) is 3.54. The van der Waals surface area contributed by atoms with E-state index in [-0.39, 0.29) is 11.5 Å². The zero-order chi connectivity index (χ0) is 8.53. The molecule has 5 heteroatoms. The molecule has 1 aliphatic heterocycles. The fraction of sp³-hybridized carbons (Fsp3) is 1.00.